The van der Waals surface area contributed by atoms with Crippen molar-refractivity contribution in [1.29, 1.82) is 0 Å². The van der Waals surface area contributed by atoms with Gasteiger partial charge >= 0.3 is 6.18 Å². The number of hydrogen-bond donors (Lipinski definition) is 0. The van der Waals surface area contributed by atoms with Crippen LogP contribution in [0, 0.1) is 11.7 Å². The molecule has 1 saturated carbocycles. The fourth-order valence-electron chi connectivity index (χ4n) is 3.82. The normalized spacial score (nSPS) is 18.8. The Bertz CT molecular complexity index is 986. The van der Waals surface area contributed by atoms with E-state index in [0.717, 1.165) is 31.4 Å². The van der Waals surface area contributed by atoms with Crippen LogP contribution in [0.15, 0.2) is 53.7 Å². The molecule has 0 spiro atoms. The zero-order valence-corrected chi connectivity index (χ0v) is 16.7. The lowest BCUT2D eigenvalue weighted by molar-refractivity contribution is -0.140. The van der Waals surface area contributed by atoms with Gasteiger partial charge in [0, 0.05) is 24.4 Å². The monoisotopic (exact) mass is 434 g/mol. The van der Waals surface area contributed by atoms with Gasteiger partial charge < -0.3 is 9.74 Å². The van der Waals surface area contributed by atoms with Gasteiger partial charge in [0.1, 0.15) is 5.82 Å². The SMILES string of the molecule is O=C(C1CCC1)N(Cc1cccc(C(F)(F)F)c1)C[C@H]1CC(c2cccc(F)c2)=NO1. The largest absolute Gasteiger partial charge is 0.416 e. The van der Waals surface area contributed by atoms with E-state index in [1.807, 2.05) is 0 Å². The van der Waals surface area contributed by atoms with Crippen molar-refractivity contribution in [2.75, 3.05) is 6.54 Å². The fraction of sp³-hybridized carbons (Fsp3) is 0.391. The molecule has 31 heavy (non-hydrogen) atoms. The Morgan fingerprint density at radius 2 is 1.90 bits per heavy atom. The van der Waals surface area contributed by atoms with Crippen LogP contribution in [0.1, 0.15) is 42.4 Å². The van der Waals surface area contributed by atoms with Gasteiger partial charge in [0.2, 0.25) is 5.91 Å². The predicted octanol–water partition coefficient (Wildman–Crippen LogP) is 5.17. The Kier molecular flexibility index (Phi) is 5.98. The van der Waals surface area contributed by atoms with Crippen LogP contribution in [-0.2, 0) is 22.4 Å². The molecule has 0 bridgehead atoms. The minimum absolute atomic E-state index is 0.0639. The molecule has 1 fully saturated rings. The molecule has 0 saturated heterocycles. The molecule has 164 valence electrons. The molecule has 0 unspecified atom stereocenters. The topological polar surface area (TPSA) is 41.9 Å². The summed E-state index contributed by atoms with van der Waals surface area (Å²) < 4.78 is 52.7. The van der Waals surface area contributed by atoms with Crippen molar-refractivity contribution >= 4 is 11.6 Å². The van der Waals surface area contributed by atoms with Crippen molar-refractivity contribution in [2.45, 2.75) is 44.5 Å². The van der Waals surface area contributed by atoms with E-state index >= 15 is 0 Å². The molecule has 2 aromatic rings. The number of carbonyl (C=O) groups excluding carboxylic acids is 1. The van der Waals surface area contributed by atoms with Crippen LogP contribution in [-0.4, -0.2) is 29.2 Å². The number of halogens is 4. The highest BCUT2D eigenvalue weighted by atomic mass is 19.4. The second-order valence-corrected chi connectivity index (χ2v) is 8.02. The summed E-state index contributed by atoms with van der Waals surface area (Å²) >= 11 is 0. The van der Waals surface area contributed by atoms with Gasteiger partial charge in [-0.3, -0.25) is 4.79 Å². The molecule has 8 heteroatoms. The van der Waals surface area contributed by atoms with E-state index in [9.17, 15) is 22.4 Å². The first kappa shape index (κ1) is 21.3. The molecule has 1 aliphatic carbocycles. The van der Waals surface area contributed by atoms with Gasteiger partial charge in [0.25, 0.3) is 0 Å². The molecule has 4 rings (SSSR count). The zero-order valence-electron chi connectivity index (χ0n) is 16.7. The van der Waals surface area contributed by atoms with Crippen LogP contribution in [0.4, 0.5) is 17.6 Å². The van der Waals surface area contributed by atoms with E-state index in [1.165, 1.54) is 18.2 Å². The summed E-state index contributed by atoms with van der Waals surface area (Å²) in [4.78, 5) is 20.0. The van der Waals surface area contributed by atoms with Crippen molar-refractivity contribution in [2.24, 2.45) is 11.1 Å². The Morgan fingerprint density at radius 3 is 2.58 bits per heavy atom. The number of alkyl halides is 3. The highest BCUT2D eigenvalue weighted by Crippen LogP contribution is 2.32. The van der Waals surface area contributed by atoms with E-state index in [1.54, 1.807) is 23.1 Å². The molecular formula is C23H22F4N2O2. The van der Waals surface area contributed by atoms with Crippen LogP contribution in [0.2, 0.25) is 0 Å². The molecule has 2 aromatic carbocycles. The van der Waals surface area contributed by atoms with E-state index in [0.29, 0.717) is 23.3 Å². The van der Waals surface area contributed by atoms with Gasteiger partial charge in [0.15, 0.2) is 6.10 Å². The molecule has 1 heterocycles. The molecule has 0 aromatic heterocycles. The lowest BCUT2D eigenvalue weighted by atomic mass is 9.84. The summed E-state index contributed by atoms with van der Waals surface area (Å²) in [6.07, 6.45) is -1.95. The standard InChI is InChI=1S/C23H22F4N2O2/c24-19-9-3-7-17(11-19)21-12-20(31-28-21)14-29(22(30)16-5-2-6-16)13-15-4-1-8-18(10-15)23(25,26)27/h1,3-4,7-11,16,20H,2,5-6,12-14H2/t20-/m1/s1. The van der Waals surface area contributed by atoms with Crippen LogP contribution < -0.4 is 0 Å². The van der Waals surface area contributed by atoms with Crippen LogP contribution in [0.5, 0.6) is 0 Å². The van der Waals surface area contributed by atoms with E-state index in [4.69, 9.17) is 4.84 Å². The van der Waals surface area contributed by atoms with Crippen molar-refractivity contribution in [3.63, 3.8) is 0 Å². The van der Waals surface area contributed by atoms with Crippen LogP contribution in [0.3, 0.4) is 0 Å². The second kappa shape index (κ2) is 8.69. The molecule has 1 atom stereocenters. The summed E-state index contributed by atoms with van der Waals surface area (Å²) in [6, 6.07) is 11.0. The van der Waals surface area contributed by atoms with Crippen molar-refractivity contribution in [3.8, 4) is 0 Å². The van der Waals surface area contributed by atoms with Crippen molar-refractivity contribution < 1.29 is 27.2 Å². The Hall–Kier alpha value is -2.90. The third-order valence-electron chi connectivity index (χ3n) is 5.71. The van der Waals surface area contributed by atoms with Gasteiger partial charge in [-0.15, -0.1) is 0 Å². The summed E-state index contributed by atoms with van der Waals surface area (Å²) in [5.74, 6) is -0.558. The first-order valence-corrected chi connectivity index (χ1v) is 10.2. The minimum Gasteiger partial charge on any atom is -0.390 e. The van der Waals surface area contributed by atoms with Gasteiger partial charge in [0.05, 0.1) is 17.8 Å². The maximum atomic E-state index is 13.5. The highest BCUT2D eigenvalue weighted by molar-refractivity contribution is 6.01. The van der Waals surface area contributed by atoms with Gasteiger partial charge in [-0.25, -0.2) is 4.39 Å². The third-order valence-corrected chi connectivity index (χ3v) is 5.71. The molecule has 1 aliphatic heterocycles. The van der Waals surface area contributed by atoms with Crippen LogP contribution >= 0.6 is 0 Å². The predicted molar refractivity (Wildman–Crippen MR) is 107 cm³/mol. The van der Waals surface area contributed by atoms with E-state index in [-0.39, 0.29) is 30.7 Å². The molecule has 0 N–H and O–H groups in total. The number of hydrogen-bond acceptors (Lipinski definition) is 3. The van der Waals surface area contributed by atoms with E-state index in [2.05, 4.69) is 5.16 Å². The summed E-state index contributed by atoms with van der Waals surface area (Å²) in [7, 11) is 0. The average molecular weight is 434 g/mol. The smallest absolute Gasteiger partial charge is 0.390 e. The summed E-state index contributed by atoms with van der Waals surface area (Å²) in [6.45, 7) is 0.266. The first-order valence-electron chi connectivity index (χ1n) is 10.2. The Balaban J connectivity index is 1.47. The summed E-state index contributed by atoms with van der Waals surface area (Å²) in [5, 5.41) is 4.04. The van der Waals surface area contributed by atoms with Gasteiger partial charge in [-0.2, -0.15) is 13.2 Å². The van der Waals surface area contributed by atoms with Crippen molar-refractivity contribution in [3.05, 3.63) is 71.0 Å². The number of rotatable bonds is 6. The lowest BCUT2D eigenvalue weighted by Gasteiger charge is -2.32. The van der Waals surface area contributed by atoms with Gasteiger partial charge in [-0.1, -0.05) is 35.8 Å². The number of nitrogens with zero attached hydrogens (tertiary/aromatic N) is 2. The molecule has 1 amide bonds. The minimum atomic E-state index is -4.44. The number of carbonyl (C=O) groups is 1. The quantitative estimate of drug-likeness (QED) is 0.589. The number of benzene rings is 2. The third kappa shape index (κ3) is 5.06. The number of oxime groups is 1. The molecular weight excluding hydrogens is 412 g/mol. The summed E-state index contributed by atoms with van der Waals surface area (Å²) in [5.41, 5.74) is 0.860. The fourth-order valence-corrected chi connectivity index (χ4v) is 3.82. The van der Waals surface area contributed by atoms with Crippen LogP contribution in [0.25, 0.3) is 0 Å². The zero-order chi connectivity index (χ0) is 22.0. The van der Waals surface area contributed by atoms with E-state index < -0.39 is 17.8 Å². The molecule has 4 nitrogen and oxygen atoms in total. The second-order valence-electron chi connectivity index (χ2n) is 8.02. The number of amides is 1. The Labute approximate surface area is 177 Å². The molecule has 0 radical (unpaired) electrons. The maximum Gasteiger partial charge on any atom is 0.416 e. The average Bonchev–Trinajstić information content (AvgIpc) is 3.14. The first-order chi connectivity index (χ1) is 14.8. The molecule has 2 aliphatic rings. The van der Waals surface area contributed by atoms with Gasteiger partial charge in [-0.05, 0) is 42.7 Å². The van der Waals surface area contributed by atoms with Crippen molar-refractivity contribution in [1.82, 2.24) is 4.90 Å². The maximum absolute atomic E-state index is 13.5. The Morgan fingerprint density at radius 1 is 1.13 bits per heavy atom. The lowest BCUT2D eigenvalue weighted by Crippen LogP contribution is -2.42. The highest BCUT2D eigenvalue weighted by Gasteiger charge is 2.34.